The van der Waals surface area contributed by atoms with E-state index >= 15 is 0 Å². The number of hydrogen-bond donors (Lipinski definition) is 0. The van der Waals surface area contributed by atoms with E-state index in [4.69, 9.17) is 23.7 Å². The quantitative estimate of drug-likeness (QED) is 0.265. The van der Waals surface area contributed by atoms with Crippen LogP contribution in [0.3, 0.4) is 0 Å². The molecule has 0 saturated heterocycles. The van der Waals surface area contributed by atoms with Crippen molar-refractivity contribution in [3.05, 3.63) is 48.0 Å². The predicted molar refractivity (Wildman–Crippen MR) is 121 cm³/mol. The van der Waals surface area contributed by atoms with Crippen LogP contribution < -0.4 is 0 Å². The Balaban J connectivity index is 1.82. The average Bonchev–Trinajstić information content (AvgIpc) is 2.76. The summed E-state index contributed by atoms with van der Waals surface area (Å²) in [5, 5.41) is 2.33. The fourth-order valence-electron chi connectivity index (χ4n) is 2.92. The van der Waals surface area contributed by atoms with Crippen LogP contribution in [0.15, 0.2) is 42.5 Å². The molecule has 0 amide bonds. The summed E-state index contributed by atoms with van der Waals surface area (Å²) in [4.78, 5) is 0. The highest BCUT2D eigenvalue weighted by Gasteiger charge is 2.25. The Morgan fingerprint density at radius 2 is 1.33 bits per heavy atom. The number of rotatable bonds is 16. The first-order valence-electron chi connectivity index (χ1n) is 11.1. The van der Waals surface area contributed by atoms with Gasteiger partial charge in [-0.15, -0.1) is 0 Å². The first-order valence-corrected chi connectivity index (χ1v) is 11.1. The topological polar surface area (TPSA) is 46.2 Å². The van der Waals surface area contributed by atoms with Gasteiger partial charge in [-0.3, -0.25) is 0 Å². The molecule has 0 aliphatic heterocycles. The standard InChI is InChI=1S/C25H38O5/c1-5-14-26-15-16-27-17-18-28-19-20-29-24(30-25(3,4)6-2)23-13-9-11-21-10-7-8-12-22(21)23/h7-13,24H,5-6,14-20H2,1-4H3. The molecule has 0 radical (unpaired) electrons. The van der Waals surface area contributed by atoms with E-state index in [0.717, 1.165) is 30.4 Å². The first-order chi connectivity index (χ1) is 14.6. The molecule has 2 aromatic rings. The summed E-state index contributed by atoms with van der Waals surface area (Å²) in [6, 6.07) is 14.5. The molecule has 0 bridgehead atoms. The summed E-state index contributed by atoms with van der Waals surface area (Å²) in [6.07, 6.45) is 1.48. The van der Waals surface area contributed by atoms with E-state index in [-0.39, 0.29) is 5.60 Å². The van der Waals surface area contributed by atoms with Crippen LogP contribution in [0.4, 0.5) is 0 Å². The van der Waals surface area contributed by atoms with Crippen LogP contribution in [0.2, 0.25) is 0 Å². The maximum absolute atomic E-state index is 6.36. The molecule has 0 aliphatic carbocycles. The van der Waals surface area contributed by atoms with Crippen molar-refractivity contribution in [2.24, 2.45) is 0 Å². The van der Waals surface area contributed by atoms with Crippen LogP contribution in [-0.2, 0) is 23.7 Å². The molecule has 168 valence electrons. The highest BCUT2D eigenvalue weighted by Crippen LogP contribution is 2.32. The SMILES string of the molecule is CCCOCCOCCOCCOC(OC(C)(C)CC)c1cccc2ccccc12. The van der Waals surface area contributed by atoms with Gasteiger partial charge in [-0.25, -0.2) is 0 Å². The Hall–Kier alpha value is -1.50. The summed E-state index contributed by atoms with van der Waals surface area (Å²) in [5.41, 5.74) is 0.765. The zero-order chi connectivity index (χ0) is 21.7. The molecule has 2 aromatic carbocycles. The molecule has 0 fully saturated rings. The molecule has 0 aliphatic rings. The molecule has 30 heavy (non-hydrogen) atoms. The summed E-state index contributed by atoms with van der Waals surface area (Å²) in [5.74, 6) is 0. The highest BCUT2D eigenvalue weighted by atomic mass is 16.7. The van der Waals surface area contributed by atoms with Crippen LogP contribution in [0.5, 0.6) is 0 Å². The fraction of sp³-hybridized carbons (Fsp3) is 0.600. The van der Waals surface area contributed by atoms with Gasteiger partial charge in [0.2, 0.25) is 0 Å². The summed E-state index contributed by atoms with van der Waals surface area (Å²) in [6.45, 7) is 12.5. The summed E-state index contributed by atoms with van der Waals surface area (Å²) >= 11 is 0. The molecule has 5 heteroatoms. The maximum Gasteiger partial charge on any atom is 0.185 e. The van der Waals surface area contributed by atoms with Crippen molar-refractivity contribution in [1.29, 1.82) is 0 Å². The zero-order valence-electron chi connectivity index (χ0n) is 19.0. The monoisotopic (exact) mass is 418 g/mol. The van der Waals surface area contributed by atoms with Crippen molar-refractivity contribution >= 4 is 10.8 Å². The summed E-state index contributed by atoms with van der Waals surface area (Å²) < 4.78 is 29.0. The molecule has 1 unspecified atom stereocenters. The molecule has 0 saturated carbocycles. The van der Waals surface area contributed by atoms with E-state index in [2.05, 4.69) is 52.0 Å². The Morgan fingerprint density at radius 3 is 2.00 bits per heavy atom. The molecule has 0 aromatic heterocycles. The second-order valence-electron chi connectivity index (χ2n) is 7.84. The van der Waals surface area contributed by atoms with Crippen LogP contribution in [0.1, 0.15) is 52.4 Å². The van der Waals surface area contributed by atoms with Crippen molar-refractivity contribution in [2.45, 2.75) is 52.4 Å². The minimum absolute atomic E-state index is 0.282. The lowest BCUT2D eigenvalue weighted by Gasteiger charge is -2.30. The lowest BCUT2D eigenvalue weighted by atomic mass is 10.0. The van der Waals surface area contributed by atoms with Gasteiger partial charge < -0.3 is 23.7 Å². The first kappa shape index (κ1) is 24.8. The molecule has 2 rings (SSSR count). The summed E-state index contributed by atoms with van der Waals surface area (Å²) in [7, 11) is 0. The van der Waals surface area contributed by atoms with E-state index in [0.29, 0.717) is 39.6 Å². The van der Waals surface area contributed by atoms with Crippen LogP contribution in [-0.4, -0.2) is 51.8 Å². The van der Waals surface area contributed by atoms with Gasteiger partial charge in [-0.05, 0) is 37.5 Å². The van der Waals surface area contributed by atoms with Crippen molar-refractivity contribution < 1.29 is 23.7 Å². The lowest BCUT2D eigenvalue weighted by Crippen LogP contribution is -2.28. The van der Waals surface area contributed by atoms with Gasteiger partial charge in [0.1, 0.15) is 0 Å². The highest BCUT2D eigenvalue weighted by molar-refractivity contribution is 5.85. The third-order valence-electron chi connectivity index (χ3n) is 4.94. The number of ether oxygens (including phenoxy) is 5. The normalized spacial score (nSPS) is 13.1. The second-order valence-corrected chi connectivity index (χ2v) is 7.84. The van der Waals surface area contributed by atoms with Crippen molar-refractivity contribution in [1.82, 2.24) is 0 Å². The van der Waals surface area contributed by atoms with Gasteiger partial charge in [0, 0.05) is 12.2 Å². The Morgan fingerprint density at radius 1 is 0.733 bits per heavy atom. The number of hydrogen-bond acceptors (Lipinski definition) is 5. The smallest absolute Gasteiger partial charge is 0.185 e. The van der Waals surface area contributed by atoms with Gasteiger partial charge in [-0.2, -0.15) is 0 Å². The molecule has 0 N–H and O–H groups in total. The number of fused-ring (bicyclic) bond motifs is 1. The maximum atomic E-state index is 6.36. The average molecular weight is 419 g/mol. The largest absolute Gasteiger partial charge is 0.379 e. The van der Waals surface area contributed by atoms with Crippen molar-refractivity contribution in [3.63, 3.8) is 0 Å². The zero-order valence-corrected chi connectivity index (χ0v) is 19.0. The van der Waals surface area contributed by atoms with Gasteiger partial charge in [-0.1, -0.05) is 56.3 Å². The van der Waals surface area contributed by atoms with E-state index in [1.54, 1.807) is 0 Å². The van der Waals surface area contributed by atoms with Crippen molar-refractivity contribution in [2.75, 3.05) is 46.2 Å². The Bertz CT molecular complexity index is 710. The van der Waals surface area contributed by atoms with E-state index < -0.39 is 6.29 Å². The third kappa shape index (κ3) is 8.70. The predicted octanol–water partition coefficient (Wildman–Crippen LogP) is 5.52. The molecule has 1 atom stereocenters. The number of benzene rings is 2. The Kier molecular flexibility index (Phi) is 11.3. The molecule has 0 spiro atoms. The minimum atomic E-state index is -0.443. The molecular weight excluding hydrogens is 380 g/mol. The van der Waals surface area contributed by atoms with Crippen LogP contribution in [0, 0.1) is 0 Å². The van der Waals surface area contributed by atoms with E-state index in [9.17, 15) is 0 Å². The van der Waals surface area contributed by atoms with E-state index in [1.165, 1.54) is 5.39 Å². The van der Waals surface area contributed by atoms with Crippen LogP contribution in [0.25, 0.3) is 10.8 Å². The van der Waals surface area contributed by atoms with Gasteiger partial charge in [0.05, 0.1) is 45.2 Å². The van der Waals surface area contributed by atoms with Crippen LogP contribution >= 0.6 is 0 Å². The minimum Gasteiger partial charge on any atom is -0.379 e. The van der Waals surface area contributed by atoms with E-state index in [1.807, 2.05) is 18.2 Å². The molecule has 5 nitrogen and oxygen atoms in total. The Labute approximate surface area is 181 Å². The second kappa shape index (κ2) is 13.7. The van der Waals surface area contributed by atoms with Crippen molar-refractivity contribution in [3.8, 4) is 0 Å². The molecular formula is C25H38O5. The molecule has 0 heterocycles. The lowest BCUT2D eigenvalue weighted by molar-refractivity contribution is -0.210. The third-order valence-corrected chi connectivity index (χ3v) is 4.94. The fourth-order valence-corrected chi connectivity index (χ4v) is 2.92. The van der Waals surface area contributed by atoms with Gasteiger partial charge in [0.25, 0.3) is 0 Å². The van der Waals surface area contributed by atoms with Gasteiger partial charge >= 0.3 is 0 Å². The van der Waals surface area contributed by atoms with Gasteiger partial charge in [0.15, 0.2) is 6.29 Å².